The number of nitriles is 1. The third kappa shape index (κ3) is 3.16. The number of nitro benzene ring substituents is 1. The average Bonchev–Trinajstić information content (AvgIpc) is 2.49. The van der Waals surface area contributed by atoms with E-state index >= 15 is 0 Å². The zero-order chi connectivity index (χ0) is 15.4. The van der Waals surface area contributed by atoms with E-state index in [-0.39, 0.29) is 28.3 Å². The number of aldehydes is 1. The molecule has 104 valence electrons. The molecule has 0 unspecified atom stereocenters. The molecule has 2 aromatic carbocycles. The van der Waals surface area contributed by atoms with Gasteiger partial charge in [0.25, 0.3) is 0 Å². The summed E-state index contributed by atoms with van der Waals surface area (Å²) in [7, 11) is 0. The van der Waals surface area contributed by atoms with Gasteiger partial charge in [0.1, 0.15) is 5.75 Å². The van der Waals surface area contributed by atoms with Crippen molar-refractivity contribution >= 4 is 23.6 Å². The van der Waals surface area contributed by atoms with E-state index in [0.29, 0.717) is 11.3 Å². The second kappa shape index (κ2) is 6.03. The summed E-state index contributed by atoms with van der Waals surface area (Å²) in [5, 5.41) is 20.1. The molecule has 2 aromatic rings. The molecule has 0 aromatic heterocycles. The summed E-state index contributed by atoms with van der Waals surface area (Å²) in [6.45, 7) is 0. The Morgan fingerprint density at radius 3 is 2.57 bits per heavy atom. The van der Waals surface area contributed by atoms with Gasteiger partial charge < -0.3 is 4.74 Å². The van der Waals surface area contributed by atoms with Gasteiger partial charge in [-0.2, -0.15) is 5.26 Å². The van der Waals surface area contributed by atoms with Crippen LogP contribution in [-0.2, 0) is 0 Å². The van der Waals surface area contributed by atoms with Crippen LogP contribution < -0.4 is 4.74 Å². The molecule has 2 rings (SSSR count). The lowest BCUT2D eigenvalue weighted by Gasteiger charge is -2.08. The van der Waals surface area contributed by atoms with Crippen molar-refractivity contribution in [2.24, 2.45) is 0 Å². The average molecular weight is 303 g/mol. The molecule has 21 heavy (non-hydrogen) atoms. The maximum atomic E-state index is 11.0. The predicted octanol–water partition coefficient (Wildman–Crippen LogP) is 3.72. The number of nitrogens with zero attached hydrogens (tertiary/aromatic N) is 2. The molecule has 0 amide bonds. The number of hydrogen-bond donors (Lipinski definition) is 0. The van der Waals surface area contributed by atoms with Crippen LogP contribution in [0.3, 0.4) is 0 Å². The largest absolute Gasteiger partial charge is 0.449 e. The van der Waals surface area contributed by atoms with Gasteiger partial charge in [0, 0.05) is 11.1 Å². The summed E-state index contributed by atoms with van der Waals surface area (Å²) in [5.74, 6) is 0.0756. The van der Waals surface area contributed by atoms with E-state index in [1.54, 1.807) is 0 Å². The highest BCUT2D eigenvalue weighted by Gasteiger charge is 2.18. The van der Waals surface area contributed by atoms with Crippen molar-refractivity contribution < 1.29 is 14.5 Å². The van der Waals surface area contributed by atoms with Crippen LogP contribution in [0.5, 0.6) is 11.5 Å². The zero-order valence-electron chi connectivity index (χ0n) is 10.4. The number of benzene rings is 2. The van der Waals surface area contributed by atoms with Crippen LogP contribution in [0.15, 0.2) is 36.4 Å². The fraction of sp³-hybridized carbons (Fsp3) is 0. The summed E-state index contributed by atoms with van der Waals surface area (Å²) in [6.07, 6.45) is 0.538. The Morgan fingerprint density at radius 1 is 1.24 bits per heavy atom. The number of carbonyl (C=O) groups is 1. The first-order valence-electron chi connectivity index (χ1n) is 5.66. The van der Waals surface area contributed by atoms with Gasteiger partial charge in [-0.1, -0.05) is 11.6 Å². The molecule has 0 aliphatic heterocycles. The van der Waals surface area contributed by atoms with Gasteiger partial charge in [0.15, 0.2) is 6.29 Å². The fourth-order valence-electron chi connectivity index (χ4n) is 1.64. The maximum Gasteiger partial charge on any atom is 0.312 e. The normalized spacial score (nSPS) is 9.71. The molecule has 0 saturated heterocycles. The van der Waals surface area contributed by atoms with Crippen LogP contribution in [0, 0.1) is 21.4 Å². The minimum Gasteiger partial charge on any atom is -0.449 e. The molecule has 7 heteroatoms. The van der Waals surface area contributed by atoms with E-state index in [0.717, 1.165) is 6.07 Å². The first-order chi connectivity index (χ1) is 10.0. The smallest absolute Gasteiger partial charge is 0.312 e. The fourth-order valence-corrected chi connectivity index (χ4v) is 1.82. The number of hydrogen-bond acceptors (Lipinski definition) is 5. The van der Waals surface area contributed by atoms with Crippen LogP contribution in [0.2, 0.25) is 5.02 Å². The molecular weight excluding hydrogens is 296 g/mol. The van der Waals surface area contributed by atoms with E-state index in [1.807, 2.05) is 6.07 Å². The van der Waals surface area contributed by atoms with Crippen molar-refractivity contribution in [1.29, 1.82) is 5.26 Å². The molecule has 0 bridgehead atoms. The molecule has 0 atom stereocenters. The van der Waals surface area contributed by atoms with Crippen molar-refractivity contribution in [3.05, 3.63) is 62.7 Å². The Morgan fingerprint density at radius 2 is 1.95 bits per heavy atom. The third-order valence-corrected chi connectivity index (χ3v) is 2.84. The van der Waals surface area contributed by atoms with Crippen molar-refractivity contribution in [2.45, 2.75) is 0 Å². The van der Waals surface area contributed by atoms with Crippen LogP contribution in [0.4, 0.5) is 5.69 Å². The van der Waals surface area contributed by atoms with Crippen molar-refractivity contribution in [3.63, 3.8) is 0 Å². The third-order valence-electron chi connectivity index (χ3n) is 2.60. The van der Waals surface area contributed by atoms with Gasteiger partial charge in [0.2, 0.25) is 5.75 Å². The summed E-state index contributed by atoms with van der Waals surface area (Å²) in [4.78, 5) is 21.3. The second-order valence-electron chi connectivity index (χ2n) is 3.95. The lowest BCUT2D eigenvalue weighted by Crippen LogP contribution is -1.96. The molecule has 0 N–H and O–H groups in total. The van der Waals surface area contributed by atoms with Crippen molar-refractivity contribution in [1.82, 2.24) is 0 Å². The lowest BCUT2D eigenvalue weighted by molar-refractivity contribution is -0.385. The molecular formula is C14H7ClN2O4. The minimum absolute atomic E-state index is 0.0653. The van der Waals surface area contributed by atoms with Gasteiger partial charge in [-0.05, 0) is 30.3 Å². The molecule has 0 spiro atoms. The van der Waals surface area contributed by atoms with Crippen molar-refractivity contribution in [3.8, 4) is 17.6 Å². The van der Waals surface area contributed by atoms with Gasteiger partial charge in [-0.25, -0.2) is 0 Å². The van der Waals surface area contributed by atoms with Crippen molar-refractivity contribution in [2.75, 3.05) is 0 Å². The minimum atomic E-state index is -0.660. The summed E-state index contributed by atoms with van der Waals surface area (Å²) in [5.41, 5.74) is -0.0530. The van der Waals surface area contributed by atoms with Crippen LogP contribution in [0.1, 0.15) is 15.9 Å². The summed E-state index contributed by atoms with van der Waals surface area (Å²) in [6, 6.07) is 9.93. The molecule has 6 nitrogen and oxygen atoms in total. The van der Waals surface area contributed by atoms with Gasteiger partial charge >= 0.3 is 5.69 Å². The van der Waals surface area contributed by atoms with Crippen LogP contribution >= 0.6 is 11.6 Å². The lowest BCUT2D eigenvalue weighted by atomic mass is 10.2. The Bertz CT molecular complexity index is 768. The molecule has 0 heterocycles. The first kappa shape index (κ1) is 14.5. The van der Waals surface area contributed by atoms with E-state index in [4.69, 9.17) is 21.6 Å². The van der Waals surface area contributed by atoms with Gasteiger partial charge in [0.05, 0.1) is 22.1 Å². The highest BCUT2D eigenvalue weighted by molar-refractivity contribution is 6.30. The van der Waals surface area contributed by atoms with E-state index < -0.39 is 4.92 Å². The molecule has 0 aliphatic rings. The SMILES string of the molecule is N#Cc1ccc(Oc2ccc(Cl)cc2C=O)c([N+](=O)[O-])c1. The Hall–Kier alpha value is -2.91. The summed E-state index contributed by atoms with van der Waals surface area (Å²) >= 11 is 5.76. The number of nitro groups is 1. The van der Waals surface area contributed by atoms with Crippen LogP contribution in [0.25, 0.3) is 0 Å². The number of carbonyl (C=O) groups excluding carboxylic acids is 1. The maximum absolute atomic E-state index is 11.0. The Labute approximate surface area is 124 Å². The zero-order valence-corrected chi connectivity index (χ0v) is 11.2. The monoisotopic (exact) mass is 302 g/mol. The second-order valence-corrected chi connectivity index (χ2v) is 4.39. The highest BCUT2D eigenvalue weighted by atomic mass is 35.5. The number of halogens is 1. The van der Waals surface area contributed by atoms with Crippen LogP contribution in [-0.4, -0.2) is 11.2 Å². The van der Waals surface area contributed by atoms with E-state index in [1.165, 1.54) is 30.3 Å². The summed E-state index contributed by atoms with van der Waals surface area (Å²) < 4.78 is 5.41. The number of ether oxygens (including phenoxy) is 1. The topological polar surface area (TPSA) is 93.2 Å². The Balaban J connectivity index is 2.47. The Kier molecular flexibility index (Phi) is 4.16. The van der Waals surface area contributed by atoms with Gasteiger partial charge in [-0.15, -0.1) is 0 Å². The molecule has 0 aliphatic carbocycles. The van der Waals surface area contributed by atoms with Gasteiger partial charge in [-0.3, -0.25) is 14.9 Å². The first-order valence-corrected chi connectivity index (χ1v) is 6.04. The molecule has 0 saturated carbocycles. The quantitative estimate of drug-likeness (QED) is 0.487. The van der Waals surface area contributed by atoms with E-state index in [2.05, 4.69) is 0 Å². The standard InChI is InChI=1S/C14H7ClN2O4/c15-11-2-4-13(10(6-11)8-18)21-14-3-1-9(7-16)5-12(14)17(19)20/h1-6,8H. The highest BCUT2D eigenvalue weighted by Crippen LogP contribution is 2.34. The van der Waals surface area contributed by atoms with E-state index in [9.17, 15) is 14.9 Å². The molecule has 0 radical (unpaired) electrons. The number of rotatable bonds is 4. The predicted molar refractivity (Wildman–Crippen MR) is 74.7 cm³/mol. The molecule has 0 fully saturated rings.